The number of hydrazone groups is 1. The van der Waals surface area contributed by atoms with Gasteiger partial charge in [0.25, 0.3) is 0 Å². The predicted octanol–water partition coefficient (Wildman–Crippen LogP) is 6.47. The third kappa shape index (κ3) is 10.8. The molecule has 2 aromatic carbocycles. The summed E-state index contributed by atoms with van der Waals surface area (Å²) >= 11 is 0. The average molecular weight is 537 g/mol. The number of hydrogen-bond donors (Lipinski definition) is 1. The van der Waals surface area contributed by atoms with E-state index in [0.717, 1.165) is 75.7 Å². The van der Waals surface area contributed by atoms with Gasteiger partial charge in [0, 0.05) is 38.8 Å². The van der Waals surface area contributed by atoms with E-state index in [4.69, 9.17) is 14.5 Å². The van der Waals surface area contributed by atoms with Crippen molar-refractivity contribution in [3.05, 3.63) is 54.4 Å². The zero-order valence-electron chi connectivity index (χ0n) is 24.8. The fraction of sp³-hybridized carbons (Fsp3) is 0.516. The molecule has 4 rings (SSSR count). The minimum Gasteiger partial charge on any atom is -0.476 e. The predicted molar refractivity (Wildman–Crippen MR) is 165 cm³/mol. The molecule has 0 amide bonds. The number of hydrogen-bond acceptors (Lipinski definition) is 8. The third-order valence-electron chi connectivity index (χ3n) is 5.90. The molecule has 2 heterocycles. The van der Waals surface area contributed by atoms with Crippen molar-refractivity contribution in [2.24, 2.45) is 5.10 Å². The summed E-state index contributed by atoms with van der Waals surface area (Å²) in [6, 6.07) is 16.4. The highest BCUT2D eigenvalue weighted by Gasteiger charge is 2.13. The Hall–Kier alpha value is -3.23. The average Bonchev–Trinajstić information content (AvgIpc) is 2.99. The van der Waals surface area contributed by atoms with E-state index in [2.05, 4.69) is 63.4 Å². The van der Waals surface area contributed by atoms with Gasteiger partial charge in [-0.3, -0.25) is 10.3 Å². The summed E-state index contributed by atoms with van der Waals surface area (Å²) in [5.41, 5.74) is 4.02. The first kappa shape index (κ1) is 32.0. The van der Waals surface area contributed by atoms with E-state index in [9.17, 15) is 0 Å². The van der Waals surface area contributed by atoms with Crippen molar-refractivity contribution in [2.75, 3.05) is 62.9 Å². The van der Waals surface area contributed by atoms with Crippen LogP contribution >= 0.6 is 0 Å². The number of benzene rings is 2. The van der Waals surface area contributed by atoms with Gasteiger partial charge in [-0.2, -0.15) is 10.1 Å². The van der Waals surface area contributed by atoms with Gasteiger partial charge in [0.15, 0.2) is 5.82 Å². The molecule has 0 unspecified atom stereocenters. The Morgan fingerprint density at radius 2 is 1.64 bits per heavy atom. The van der Waals surface area contributed by atoms with Crippen LogP contribution in [0, 0.1) is 0 Å². The molecule has 39 heavy (non-hydrogen) atoms. The number of nitrogens with one attached hydrogen (secondary N) is 1. The number of ether oxygens (including phenoxy) is 2. The van der Waals surface area contributed by atoms with Gasteiger partial charge in [-0.1, -0.05) is 71.9 Å². The van der Waals surface area contributed by atoms with Gasteiger partial charge in [-0.05, 0) is 35.7 Å². The molecule has 3 aromatic rings. The Morgan fingerprint density at radius 1 is 0.949 bits per heavy atom. The molecule has 0 bridgehead atoms. The maximum Gasteiger partial charge on any atom is 0.219 e. The summed E-state index contributed by atoms with van der Waals surface area (Å²) in [6.07, 6.45) is 3.75. The highest BCUT2D eigenvalue weighted by atomic mass is 16.5. The highest BCUT2D eigenvalue weighted by molar-refractivity contribution is 5.86. The first-order valence-corrected chi connectivity index (χ1v) is 14.6. The third-order valence-corrected chi connectivity index (χ3v) is 5.90. The van der Waals surface area contributed by atoms with Crippen LogP contribution in [-0.2, 0) is 4.74 Å². The Labute approximate surface area is 235 Å². The number of anilines is 2. The van der Waals surface area contributed by atoms with Gasteiger partial charge in [0.05, 0.1) is 25.1 Å². The lowest BCUT2D eigenvalue weighted by atomic mass is 10.1. The molecule has 1 saturated heterocycles. The first-order valence-electron chi connectivity index (χ1n) is 14.6. The molecular formula is C31H48N6O2. The van der Waals surface area contributed by atoms with Gasteiger partial charge in [-0.15, -0.1) is 0 Å². The van der Waals surface area contributed by atoms with Crippen LogP contribution in [-0.4, -0.2) is 73.6 Å². The first-order chi connectivity index (χ1) is 19.2. The molecule has 0 radical (unpaired) electrons. The topological polar surface area (TPSA) is 75.1 Å². The summed E-state index contributed by atoms with van der Waals surface area (Å²) in [5.74, 6) is 1.97. The number of fused-ring (bicyclic) bond motifs is 1. The summed E-state index contributed by atoms with van der Waals surface area (Å²) in [4.78, 5) is 14.0. The summed E-state index contributed by atoms with van der Waals surface area (Å²) in [6.45, 7) is 19.1. The van der Waals surface area contributed by atoms with E-state index in [0.29, 0.717) is 18.3 Å². The minimum atomic E-state index is 0.523. The van der Waals surface area contributed by atoms with Crippen LogP contribution in [0.15, 0.2) is 53.6 Å². The molecule has 214 valence electrons. The molecule has 0 spiro atoms. The Balaban J connectivity index is 0.00000127. The van der Waals surface area contributed by atoms with Crippen LogP contribution in [0.3, 0.4) is 0 Å². The molecular weight excluding hydrogens is 488 g/mol. The van der Waals surface area contributed by atoms with Crippen molar-refractivity contribution in [3.8, 4) is 5.88 Å². The largest absolute Gasteiger partial charge is 0.476 e. The Morgan fingerprint density at radius 3 is 2.33 bits per heavy atom. The van der Waals surface area contributed by atoms with Crippen molar-refractivity contribution in [1.82, 2.24) is 14.9 Å². The lowest BCUT2D eigenvalue weighted by Crippen LogP contribution is -2.38. The van der Waals surface area contributed by atoms with Crippen LogP contribution in [0.1, 0.15) is 60.2 Å². The number of nitrogens with zero attached hydrogens (tertiary/aromatic N) is 5. The second-order valence-corrected chi connectivity index (χ2v) is 8.64. The lowest BCUT2D eigenvalue weighted by molar-refractivity contribution is 0.0320. The molecule has 1 aliphatic rings. The van der Waals surface area contributed by atoms with Crippen molar-refractivity contribution in [2.45, 2.75) is 54.4 Å². The molecule has 0 atom stereocenters. The van der Waals surface area contributed by atoms with Crippen LogP contribution in [0.25, 0.3) is 10.8 Å². The van der Waals surface area contributed by atoms with Crippen molar-refractivity contribution in [3.63, 3.8) is 0 Å². The van der Waals surface area contributed by atoms with Gasteiger partial charge < -0.3 is 14.4 Å². The van der Waals surface area contributed by atoms with Gasteiger partial charge in [0.1, 0.15) is 12.4 Å². The molecule has 8 nitrogen and oxygen atoms in total. The zero-order chi connectivity index (χ0) is 28.3. The Kier molecular flexibility index (Phi) is 15.5. The minimum absolute atomic E-state index is 0.523. The lowest BCUT2D eigenvalue weighted by Gasteiger charge is -2.26. The van der Waals surface area contributed by atoms with Crippen molar-refractivity contribution >= 4 is 28.5 Å². The van der Waals surface area contributed by atoms with Gasteiger partial charge >= 0.3 is 0 Å². The number of rotatable bonds is 12. The molecule has 1 aliphatic heterocycles. The smallest absolute Gasteiger partial charge is 0.219 e. The van der Waals surface area contributed by atoms with Crippen LogP contribution in [0.2, 0.25) is 0 Å². The van der Waals surface area contributed by atoms with Gasteiger partial charge in [0.2, 0.25) is 5.88 Å². The standard InChI is InChI=1S/C27H36N6O2.2C2H6/c1-3-11-33(12-4-2)26-20-27(35-18-15-32-13-16-34-17-14-32)30-25(29-26)21-28-31-24-10-9-22-7-5-6-8-23(22)19-24;2*1-2/h5-10,19-21,31H,3-4,11-18H2,1-2H3;2*1-2H3/b28-21+;;. The number of morpholine rings is 1. The van der Waals surface area contributed by atoms with E-state index in [-0.39, 0.29) is 0 Å². The van der Waals surface area contributed by atoms with Crippen LogP contribution in [0.5, 0.6) is 5.88 Å². The normalized spacial score (nSPS) is 13.3. The van der Waals surface area contributed by atoms with Gasteiger partial charge in [-0.25, -0.2) is 4.98 Å². The fourth-order valence-corrected chi connectivity index (χ4v) is 4.13. The van der Waals surface area contributed by atoms with E-state index in [1.165, 1.54) is 5.39 Å². The second kappa shape index (κ2) is 18.9. The zero-order valence-corrected chi connectivity index (χ0v) is 24.8. The molecule has 8 heteroatoms. The molecule has 0 saturated carbocycles. The molecule has 1 fully saturated rings. The summed E-state index contributed by atoms with van der Waals surface area (Å²) in [7, 11) is 0. The molecule has 1 N–H and O–H groups in total. The maximum absolute atomic E-state index is 6.07. The van der Waals surface area contributed by atoms with Crippen LogP contribution < -0.4 is 15.1 Å². The van der Waals surface area contributed by atoms with Crippen molar-refractivity contribution in [1.29, 1.82) is 0 Å². The van der Waals surface area contributed by atoms with E-state index < -0.39 is 0 Å². The molecule has 1 aromatic heterocycles. The Bertz CT molecular complexity index is 1100. The van der Waals surface area contributed by atoms with Crippen LogP contribution in [0.4, 0.5) is 11.5 Å². The quantitative estimate of drug-likeness (QED) is 0.210. The van der Waals surface area contributed by atoms with E-state index >= 15 is 0 Å². The maximum atomic E-state index is 6.07. The number of aromatic nitrogens is 2. The van der Waals surface area contributed by atoms with Crippen molar-refractivity contribution < 1.29 is 9.47 Å². The SMILES string of the molecule is CC.CC.CCCN(CCC)c1cc(OCCN2CCOCC2)nc(/C=N/Nc2ccc3ccccc3c2)n1. The highest BCUT2D eigenvalue weighted by Crippen LogP contribution is 2.20. The summed E-state index contributed by atoms with van der Waals surface area (Å²) in [5, 5.41) is 6.77. The molecule has 0 aliphatic carbocycles. The fourth-order valence-electron chi connectivity index (χ4n) is 4.13. The monoisotopic (exact) mass is 536 g/mol. The van der Waals surface area contributed by atoms with E-state index in [1.54, 1.807) is 6.21 Å². The summed E-state index contributed by atoms with van der Waals surface area (Å²) < 4.78 is 11.5. The second-order valence-electron chi connectivity index (χ2n) is 8.64. The van der Waals surface area contributed by atoms with E-state index in [1.807, 2.05) is 52.0 Å².